The van der Waals surface area contributed by atoms with E-state index in [1.807, 2.05) is 13.0 Å². The zero-order chi connectivity index (χ0) is 16.9. The first kappa shape index (κ1) is 17.9. The molecular formula is C16H23NO5. The van der Waals surface area contributed by atoms with Gasteiger partial charge in [-0.3, -0.25) is 4.79 Å². The lowest BCUT2D eigenvalue weighted by Gasteiger charge is -2.30. The summed E-state index contributed by atoms with van der Waals surface area (Å²) in [6, 6.07) is -0.611. The molecule has 1 aliphatic rings. The minimum atomic E-state index is -0.611. The average molecular weight is 309 g/mol. The largest absolute Gasteiger partial charge is 0.463 e. The maximum absolute atomic E-state index is 12.3. The number of ether oxygens (including phenoxy) is 2. The molecule has 6 heteroatoms. The highest BCUT2D eigenvalue weighted by Gasteiger charge is 2.37. The summed E-state index contributed by atoms with van der Waals surface area (Å²) >= 11 is 0. The Bertz CT molecular complexity index is 533. The van der Waals surface area contributed by atoms with Gasteiger partial charge in [0.2, 0.25) is 5.91 Å². The Labute approximate surface area is 130 Å². The van der Waals surface area contributed by atoms with Crippen LogP contribution in [0.4, 0.5) is 0 Å². The summed E-state index contributed by atoms with van der Waals surface area (Å²) in [5, 5.41) is 2.72. The van der Waals surface area contributed by atoms with Gasteiger partial charge in [-0.05, 0) is 32.3 Å². The quantitative estimate of drug-likeness (QED) is 0.779. The predicted molar refractivity (Wildman–Crippen MR) is 80.8 cm³/mol. The predicted octanol–water partition coefficient (Wildman–Crippen LogP) is 1.51. The van der Waals surface area contributed by atoms with Crippen molar-refractivity contribution < 1.29 is 23.9 Å². The number of nitrogens with one attached hydrogen (secondary N) is 1. The molecule has 6 nitrogen and oxygen atoms in total. The molecular weight excluding hydrogens is 286 g/mol. The minimum Gasteiger partial charge on any atom is -0.463 e. The third-order valence-corrected chi connectivity index (χ3v) is 3.35. The molecule has 0 spiro atoms. The number of carbonyl (C=O) groups excluding carboxylic acids is 3. The third kappa shape index (κ3) is 3.96. The van der Waals surface area contributed by atoms with Gasteiger partial charge >= 0.3 is 11.9 Å². The third-order valence-electron chi connectivity index (χ3n) is 3.35. The average Bonchev–Trinajstić information content (AvgIpc) is 2.41. The Balaban J connectivity index is 3.41. The maximum atomic E-state index is 12.3. The second-order valence-corrected chi connectivity index (χ2v) is 5.12. The van der Waals surface area contributed by atoms with Crippen LogP contribution in [-0.4, -0.2) is 37.1 Å². The van der Waals surface area contributed by atoms with Crippen molar-refractivity contribution in [2.45, 2.75) is 40.7 Å². The van der Waals surface area contributed by atoms with Gasteiger partial charge in [-0.25, -0.2) is 9.59 Å². The Morgan fingerprint density at radius 2 is 1.68 bits per heavy atom. The first-order chi connectivity index (χ1) is 10.3. The van der Waals surface area contributed by atoms with Crippen LogP contribution < -0.4 is 5.32 Å². The van der Waals surface area contributed by atoms with E-state index in [1.165, 1.54) is 6.92 Å². The first-order valence-corrected chi connectivity index (χ1v) is 7.37. The second-order valence-electron chi connectivity index (χ2n) is 5.12. The number of amides is 1. The second kappa shape index (κ2) is 7.77. The maximum Gasteiger partial charge on any atom is 0.339 e. The van der Waals surface area contributed by atoms with Crippen LogP contribution in [0, 0.1) is 5.92 Å². The van der Waals surface area contributed by atoms with E-state index >= 15 is 0 Å². The molecule has 2 atom stereocenters. The molecule has 122 valence electrons. The molecule has 0 aromatic heterocycles. The van der Waals surface area contributed by atoms with Crippen molar-refractivity contribution in [3.05, 3.63) is 22.8 Å². The zero-order valence-electron chi connectivity index (χ0n) is 13.7. The Kier molecular flexibility index (Phi) is 6.34. The molecule has 0 radical (unpaired) electrons. The van der Waals surface area contributed by atoms with Gasteiger partial charge in [-0.15, -0.1) is 0 Å². The fourth-order valence-corrected chi connectivity index (χ4v) is 2.54. The van der Waals surface area contributed by atoms with Crippen molar-refractivity contribution in [3.63, 3.8) is 0 Å². The molecule has 0 saturated carbocycles. The molecule has 1 rings (SSSR count). The number of hydrogen-bond acceptors (Lipinski definition) is 5. The van der Waals surface area contributed by atoms with Gasteiger partial charge in [0, 0.05) is 6.92 Å². The number of rotatable bonds is 5. The topological polar surface area (TPSA) is 81.7 Å². The molecule has 22 heavy (non-hydrogen) atoms. The summed E-state index contributed by atoms with van der Waals surface area (Å²) in [5.41, 5.74) is 0.982. The van der Waals surface area contributed by atoms with Crippen molar-refractivity contribution in [3.8, 4) is 0 Å². The highest BCUT2D eigenvalue weighted by molar-refractivity contribution is 6.05. The van der Waals surface area contributed by atoms with Crippen molar-refractivity contribution in [1.29, 1.82) is 0 Å². The van der Waals surface area contributed by atoms with E-state index in [2.05, 4.69) is 5.32 Å². The summed E-state index contributed by atoms with van der Waals surface area (Å²) in [6.07, 6.45) is 1.84. The zero-order valence-corrected chi connectivity index (χ0v) is 13.7. The molecule has 0 bridgehead atoms. The molecule has 0 aliphatic heterocycles. The Hall–Kier alpha value is -2.11. The lowest BCUT2D eigenvalue weighted by molar-refractivity contribution is -0.142. The molecule has 1 aliphatic carbocycles. The normalized spacial score (nSPS) is 21.0. The van der Waals surface area contributed by atoms with Gasteiger partial charge in [0.15, 0.2) is 0 Å². The van der Waals surface area contributed by atoms with Gasteiger partial charge in [-0.1, -0.05) is 13.0 Å². The van der Waals surface area contributed by atoms with E-state index in [9.17, 15) is 14.4 Å². The molecule has 1 amide bonds. The van der Waals surface area contributed by atoms with Gasteiger partial charge in [0.1, 0.15) is 0 Å². The van der Waals surface area contributed by atoms with E-state index < -0.39 is 18.0 Å². The molecule has 0 fully saturated rings. The first-order valence-electron chi connectivity index (χ1n) is 7.37. The van der Waals surface area contributed by atoms with Crippen LogP contribution in [-0.2, 0) is 23.9 Å². The number of hydrogen-bond donors (Lipinski definition) is 1. The van der Waals surface area contributed by atoms with Crippen LogP contribution in [0.1, 0.15) is 34.6 Å². The summed E-state index contributed by atoms with van der Waals surface area (Å²) in [4.78, 5) is 36.0. The van der Waals surface area contributed by atoms with Crippen molar-refractivity contribution >= 4 is 17.8 Å². The summed E-state index contributed by atoms with van der Waals surface area (Å²) in [7, 11) is 0. The highest BCUT2D eigenvalue weighted by Crippen LogP contribution is 2.31. The highest BCUT2D eigenvalue weighted by atomic mass is 16.5. The molecule has 1 N–H and O–H groups in total. The summed E-state index contributed by atoms with van der Waals surface area (Å²) in [6.45, 7) is 8.74. The van der Waals surface area contributed by atoms with Crippen LogP contribution in [0.25, 0.3) is 0 Å². The Morgan fingerprint density at radius 1 is 1.14 bits per heavy atom. The fourth-order valence-electron chi connectivity index (χ4n) is 2.54. The molecule has 2 unspecified atom stereocenters. The van der Waals surface area contributed by atoms with E-state index in [4.69, 9.17) is 9.47 Å². The molecule has 0 aromatic rings. The number of carbonyl (C=O) groups is 3. The number of esters is 2. The smallest absolute Gasteiger partial charge is 0.339 e. The van der Waals surface area contributed by atoms with Crippen LogP contribution in [0.3, 0.4) is 0 Å². The van der Waals surface area contributed by atoms with Crippen LogP contribution in [0.5, 0.6) is 0 Å². The van der Waals surface area contributed by atoms with Crippen molar-refractivity contribution in [2.24, 2.45) is 5.92 Å². The lowest BCUT2D eigenvalue weighted by Crippen LogP contribution is -2.44. The lowest BCUT2D eigenvalue weighted by atomic mass is 9.81. The monoisotopic (exact) mass is 309 g/mol. The van der Waals surface area contributed by atoms with E-state index in [0.717, 1.165) is 0 Å². The van der Waals surface area contributed by atoms with Crippen LogP contribution >= 0.6 is 0 Å². The summed E-state index contributed by atoms with van der Waals surface area (Å²) < 4.78 is 10.1. The summed E-state index contributed by atoms with van der Waals surface area (Å²) in [5.74, 6) is -1.61. The fraction of sp³-hybridized carbons (Fsp3) is 0.562. The van der Waals surface area contributed by atoms with Gasteiger partial charge in [0.25, 0.3) is 0 Å². The van der Waals surface area contributed by atoms with Gasteiger partial charge in [-0.2, -0.15) is 0 Å². The van der Waals surface area contributed by atoms with E-state index in [-0.39, 0.29) is 36.2 Å². The molecule has 0 saturated heterocycles. The van der Waals surface area contributed by atoms with Gasteiger partial charge < -0.3 is 14.8 Å². The SMILES string of the molecule is CCOC(=O)C1=C(C(=O)OCC)C(NC(C)=O)C(C)C=C1C. The molecule has 0 aromatic carbocycles. The van der Waals surface area contributed by atoms with Gasteiger partial charge in [0.05, 0.1) is 30.4 Å². The van der Waals surface area contributed by atoms with Crippen LogP contribution in [0.2, 0.25) is 0 Å². The van der Waals surface area contributed by atoms with Crippen molar-refractivity contribution in [2.75, 3.05) is 13.2 Å². The van der Waals surface area contributed by atoms with E-state index in [0.29, 0.717) is 5.57 Å². The van der Waals surface area contributed by atoms with Crippen LogP contribution in [0.15, 0.2) is 22.8 Å². The minimum absolute atomic E-state index is 0.138. The molecule has 0 heterocycles. The van der Waals surface area contributed by atoms with Crippen molar-refractivity contribution in [1.82, 2.24) is 5.32 Å². The Morgan fingerprint density at radius 3 is 2.18 bits per heavy atom. The standard InChI is InChI=1S/C16H23NO5/c1-6-21-15(19)12-9(3)8-10(4)14(17-11(5)18)13(12)16(20)22-7-2/h8,10,14H,6-7H2,1-5H3,(H,17,18). The van der Waals surface area contributed by atoms with E-state index in [1.54, 1.807) is 20.8 Å².